The van der Waals surface area contributed by atoms with Gasteiger partial charge in [-0.2, -0.15) is 20.1 Å². The van der Waals surface area contributed by atoms with Gasteiger partial charge in [0, 0.05) is 29.1 Å². The van der Waals surface area contributed by atoms with Gasteiger partial charge in [-0.05, 0) is 73.5 Å². The number of rotatable bonds is 10. The zero-order valence-electron chi connectivity index (χ0n) is 22.4. The molecule has 0 fully saturated rings. The van der Waals surface area contributed by atoms with Crippen LogP contribution in [0.1, 0.15) is 27.2 Å². The number of aromatic carboxylic acids is 1. The first-order chi connectivity index (χ1) is 20.2. The number of benzene rings is 3. The third-order valence-electron chi connectivity index (χ3n) is 6.11. The maximum absolute atomic E-state index is 11.3. The van der Waals surface area contributed by atoms with Gasteiger partial charge in [0.05, 0.1) is 16.7 Å². The Morgan fingerprint density at radius 1 is 0.881 bits per heavy atom. The maximum Gasteiger partial charge on any atom is 0.335 e. The smallest absolute Gasteiger partial charge is 0.335 e. The molecular formula is C29H24N8O5. The fourth-order valence-corrected chi connectivity index (χ4v) is 3.82. The van der Waals surface area contributed by atoms with Gasteiger partial charge < -0.3 is 20.2 Å². The van der Waals surface area contributed by atoms with E-state index in [0.717, 1.165) is 16.8 Å². The van der Waals surface area contributed by atoms with Gasteiger partial charge in [0.15, 0.2) is 0 Å². The fourth-order valence-electron chi connectivity index (χ4n) is 3.82. The number of aromatic nitrogens is 3. The first-order valence-corrected chi connectivity index (χ1v) is 12.6. The van der Waals surface area contributed by atoms with Crippen molar-refractivity contribution in [3.63, 3.8) is 0 Å². The number of furan rings is 1. The zero-order valence-corrected chi connectivity index (χ0v) is 22.4. The largest absolute Gasteiger partial charge is 0.478 e. The molecule has 210 valence electrons. The van der Waals surface area contributed by atoms with Crippen LogP contribution in [0.4, 0.5) is 34.9 Å². The molecule has 0 aliphatic heterocycles. The Bertz CT molecular complexity index is 1800. The number of nitro groups is 1. The highest BCUT2D eigenvalue weighted by Crippen LogP contribution is 2.24. The molecule has 42 heavy (non-hydrogen) atoms. The summed E-state index contributed by atoms with van der Waals surface area (Å²) in [6, 6.07) is 21.5. The van der Waals surface area contributed by atoms with E-state index in [1.165, 1.54) is 30.5 Å². The summed E-state index contributed by atoms with van der Waals surface area (Å²) >= 11 is 0. The zero-order chi connectivity index (χ0) is 29.6. The van der Waals surface area contributed by atoms with Crippen LogP contribution in [0.15, 0.2) is 88.4 Å². The summed E-state index contributed by atoms with van der Waals surface area (Å²) in [5, 5.41) is 30.6. The Kier molecular flexibility index (Phi) is 7.82. The number of non-ortho nitro benzene ring substituents is 1. The number of nitro benzene ring substituents is 1. The number of hydrazone groups is 1. The average Bonchev–Trinajstić information content (AvgIpc) is 3.44. The van der Waals surface area contributed by atoms with E-state index in [2.05, 4.69) is 36.1 Å². The minimum Gasteiger partial charge on any atom is -0.478 e. The molecule has 2 heterocycles. The Morgan fingerprint density at radius 3 is 2.26 bits per heavy atom. The molecule has 4 N–H and O–H groups in total. The molecule has 13 nitrogen and oxygen atoms in total. The van der Waals surface area contributed by atoms with Gasteiger partial charge in [-0.3, -0.25) is 10.1 Å². The lowest BCUT2D eigenvalue weighted by Crippen LogP contribution is -2.07. The molecule has 0 aliphatic carbocycles. The van der Waals surface area contributed by atoms with Crippen molar-refractivity contribution < 1.29 is 19.2 Å². The van der Waals surface area contributed by atoms with Gasteiger partial charge in [0.1, 0.15) is 11.5 Å². The second-order valence-electron chi connectivity index (χ2n) is 9.12. The van der Waals surface area contributed by atoms with Crippen molar-refractivity contribution in [2.24, 2.45) is 5.10 Å². The monoisotopic (exact) mass is 564 g/mol. The number of nitrogens with one attached hydrogen (secondary N) is 3. The molecule has 3 aromatic carbocycles. The van der Waals surface area contributed by atoms with Crippen molar-refractivity contribution in [2.45, 2.75) is 13.8 Å². The second kappa shape index (κ2) is 12.0. The molecule has 2 aromatic heterocycles. The molecule has 0 saturated carbocycles. The van der Waals surface area contributed by atoms with Crippen LogP contribution in [0.3, 0.4) is 0 Å². The number of nitrogens with zero attached hydrogens (tertiary/aromatic N) is 5. The topological polar surface area (TPSA) is 181 Å². The van der Waals surface area contributed by atoms with Crippen LogP contribution in [0.2, 0.25) is 0 Å². The molecule has 0 aliphatic rings. The summed E-state index contributed by atoms with van der Waals surface area (Å²) in [5.41, 5.74) is 7.03. The predicted molar refractivity (Wildman–Crippen MR) is 158 cm³/mol. The summed E-state index contributed by atoms with van der Waals surface area (Å²) in [6.45, 7) is 4.02. The van der Waals surface area contributed by atoms with Crippen LogP contribution in [-0.4, -0.2) is 37.2 Å². The molecule has 0 spiro atoms. The first kappa shape index (κ1) is 27.5. The predicted octanol–water partition coefficient (Wildman–Crippen LogP) is 6.29. The summed E-state index contributed by atoms with van der Waals surface area (Å²) in [6.07, 6.45) is 1.42. The van der Waals surface area contributed by atoms with Crippen molar-refractivity contribution in [2.75, 3.05) is 16.1 Å². The Balaban J connectivity index is 1.36. The lowest BCUT2D eigenvalue weighted by atomic mass is 10.1. The minimum atomic E-state index is -1.03. The molecule has 5 rings (SSSR count). The molecule has 0 radical (unpaired) electrons. The van der Waals surface area contributed by atoms with E-state index in [-0.39, 0.29) is 29.1 Å². The number of hydrogen-bond acceptors (Lipinski definition) is 11. The summed E-state index contributed by atoms with van der Waals surface area (Å²) in [4.78, 5) is 35.0. The summed E-state index contributed by atoms with van der Waals surface area (Å²) in [5.74, 6) is 0.369. The van der Waals surface area contributed by atoms with Gasteiger partial charge in [-0.25, -0.2) is 10.2 Å². The highest BCUT2D eigenvalue weighted by Gasteiger charge is 2.11. The van der Waals surface area contributed by atoms with Gasteiger partial charge in [0.25, 0.3) is 5.69 Å². The second-order valence-corrected chi connectivity index (χ2v) is 9.12. The number of hydrogen-bond donors (Lipinski definition) is 4. The summed E-state index contributed by atoms with van der Waals surface area (Å²) in [7, 11) is 0. The van der Waals surface area contributed by atoms with E-state index < -0.39 is 10.9 Å². The van der Waals surface area contributed by atoms with Crippen LogP contribution in [-0.2, 0) is 0 Å². The minimum absolute atomic E-state index is 0.0411. The molecule has 0 bridgehead atoms. The normalized spacial score (nSPS) is 10.9. The third-order valence-corrected chi connectivity index (χ3v) is 6.11. The molecular weight excluding hydrogens is 540 g/mol. The van der Waals surface area contributed by atoms with E-state index in [1.807, 2.05) is 32.0 Å². The average molecular weight is 565 g/mol. The lowest BCUT2D eigenvalue weighted by molar-refractivity contribution is -0.384. The van der Waals surface area contributed by atoms with Gasteiger partial charge >= 0.3 is 5.97 Å². The Labute approximate surface area is 239 Å². The van der Waals surface area contributed by atoms with E-state index in [0.29, 0.717) is 22.8 Å². The fraction of sp³-hybridized carbons (Fsp3) is 0.0690. The van der Waals surface area contributed by atoms with Gasteiger partial charge in [0.2, 0.25) is 17.8 Å². The quantitative estimate of drug-likeness (QED) is 0.0850. The van der Waals surface area contributed by atoms with Crippen LogP contribution in [0.5, 0.6) is 0 Å². The first-order valence-electron chi connectivity index (χ1n) is 12.6. The van der Waals surface area contributed by atoms with Gasteiger partial charge in [-0.1, -0.05) is 18.2 Å². The van der Waals surface area contributed by atoms with Gasteiger partial charge in [-0.15, -0.1) is 0 Å². The van der Waals surface area contributed by atoms with Crippen molar-refractivity contribution in [3.05, 3.63) is 111 Å². The molecule has 13 heteroatoms. The van der Waals surface area contributed by atoms with Crippen molar-refractivity contribution in [1.29, 1.82) is 0 Å². The molecule has 0 unspecified atom stereocenters. The maximum atomic E-state index is 11.3. The van der Waals surface area contributed by atoms with E-state index in [1.54, 1.807) is 36.4 Å². The van der Waals surface area contributed by atoms with E-state index >= 15 is 0 Å². The van der Waals surface area contributed by atoms with Crippen molar-refractivity contribution in [3.8, 4) is 11.3 Å². The molecule has 0 saturated heterocycles. The number of aryl methyl sites for hydroxylation is 2. The number of carboxylic acid groups (broad SMARTS) is 1. The van der Waals surface area contributed by atoms with Crippen LogP contribution >= 0.6 is 0 Å². The summed E-state index contributed by atoms with van der Waals surface area (Å²) < 4.78 is 5.79. The van der Waals surface area contributed by atoms with Crippen molar-refractivity contribution >= 4 is 47.1 Å². The van der Waals surface area contributed by atoms with E-state index in [4.69, 9.17) is 4.42 Å². The number of carbonyl (C=O) groups is 1. The van der Waals surface area contributed by atoms with Crippen LogP contribution in [0.25, 0.3) is 11.3 Å². The molecule has 0 atom stereocenters. The number of anilines is 5. The number of carboxylic acids is 1. The third kappa shape index (κ3) is 6.71. The Hall–Kier alpha value is -6.11. The molecule has 5 aromatic rings. The Morgan fingerprint density at radius 2 is 1.57 bits per heavy atom. The SMILES string of the molecule is Cc1ccc(Nc2nc(N/N=C\c3ccc(-c4cccc(C(=O)O)c4)o3)nc(Nc3ccc([N+](=O)[O-])cc3)n2)cc1C. The molecule has 0 amide bonds. The standard InChI is InChI=1S/C29H24N8O5/c1-17-6-7-22(14-18(17)2)32-28-33-27(31-21-8-10-23(11-9-21)37(40)41)34-29(35-28)36-30-16-24-12-13-25(42-24)19-4-3-5-20(15-19)26(38)39/h3-16H,1-2H3,(H,38,39)(H3,31,32,33,34,35,36)/b30-16-. The highest BCUT2D eigenvalue weighted by atomic mass is 16.6. The van der Waals surface area contributed by atoms with Crippen LogP contribution < -0.4 is 16.1 Å². The highest BCUT2D eigenvalue weighted by molar-refractivity contribution is 5.89. The van der Waals surface area contributed by atoms with Crippen LogP contribution in [0, 0.1) is 24.0 Å². The lowest BCUT2D eigenvalue weighted by Gasteiger charge is -2.11. The van der Waals surface area contributed by atoms with E-state index in [9.17, 15) is 20.0 Å². The van der Waals surface area contributed by atoms with Crippen molar-refractivity contribution in [1.82, 2.24) is 15.0 Å².